The van der Waals surface area contributed by atoms with Crippen LogP contribution in [0.3, 0.4) is 0 Å². The quantitative estimate of drug-likeness (QED) is 0.509. The van der Waals surface area contributed by atoms with Crippen molar-refractivity contribution >= 4 is 39.5 Å². The Labute approximate surface area is 162 Å². The number of urea groups is 1. The highest BCUT2D eigenvalue weighted by molar-refractivity contribution is 7.18. The first kappa shape index (κ1) is 21.6. The number of amides is 3. The van der Waals surface area contributed by atoms with Crippen molar-refractivity contribution in [2.45, 2.75) is 31.9 Å². The standard InChI is InChI=1S/C17H18F3N3O4S/c18-17(19,20)10-21-16(26)23-13(24)9-27-15(25)8-4-3-7-14-22-11-5-1-2-6-12(11)28-14/h1-2,5-6H,3-4,7-10H2,(H2,21,23,24,26). The first-order valence-electron chi connectivity index (χ1n) is 8.37. The summed E-state index contributed by atoms with van der Waals surface area (Å²) >= 11 is 1.59. The Morgan fingerprint density at radius 1 is 1.14 bits per heavy atom. The van der Waals surface area contributed by atoms with Crippen LogP contribution >= 0.6 is 11.3 Å². The molecule has 11 heteroatoms. The smallest absolute Gasteiger partial charge is 0.405 e. The molecule has 1 aromatic heterocycles. The van der Waals surface area contributed by atoms with Gasteiger partial charge in [0.2, 0.25) is 0 Å². The summed E-state index contributed by atoms with van der Waals surface area (Å²) in [5.41, 5.74) is 0.937. The molecule has 152 valence electrons. The van der Waals surface area contributed by atoms with Crippen molar-refractivity contribution in [3.63, 3.8) is 0 Å². The number of thiazole rings is 1. The second-order valence-corrected chi connectivity index (χ2v) is 6.90. The van der Waals surface area contributed by atoms with Crippen molar-refractivity contribution in [2.24, 2.45) is 0 Å². The molecule has 1 aromatic carbocycles. The number of halogens is 3. The lowest BCUT2D eigenvalue weighted by Gasteiger charge is -2.09. The molecule has 0 bridgehead atoms. The van der Waals surface area contributed by atoms with Gasteiger partial charge in [0.25, 0.3) is 5.91 Å². The maximum atomic E-state index is 11.9. The van der Waals surface area contributed by atoms with E-state index in [1.807, 2.05) is 24.3 Å². The lowest BCUT2D eigenvalue weighted by atomic mass is 10.2. The topological polar surface area (TPSA) is 97.4 Å². The molecule has 3 amide bonds. The number of alkyl halides is 3. The number of imide groups is 1. The Bertz CT molecular complexity index is 805. The second kappa shape index (κ2) is 10.0. The molecular weight excluding hydrogens is 399 g/mol. The molecule has 0 fully saturated rings. The molecule has 2 rings (SSSR count). The highest BCUT2D eigenvalue weighted by Gasteiger charge is 2.28. The van der Waals surface area contributed by atoms with Crippen molar-refractivity contribution in [3.05, 3.63) is 29.3 Å². The fourth-order valence-corrected chi connectivity index (χ4v) is 3.19. The van der Waals surface area contributed by atoms with Gasteiger partial charge in [-0.05, 0) is 31.4 Å². The van der Waals surface area contributed by atoms with Crippen molar-refractivity contribution < 1.29 is 32.3 Å². The normalized spacial score (nSPS) is 11.2. The highest BCUT2D eigenvalue weighted by Crippen LogP contribution is 2.22. The number of hydrogen-bond acceptors (Lipinski definition) is 6. The van der Waals surface area contributed by atoms with Crippen LogP contribution in [0.1, 0.15) is 24.3 Å². The van der Waals surface area contributed by atoms with Crippen LogP contribution in [-0.2, 0) is 20.7 Å². The number of carbonyl (C=O) groups excluding carboxylic acids is 3. The summed E-state index contributed by atoms with van der Waals surface area (Å²) in [6.07, 6.45) is -2.55. The van der Waals surface area contributed by atoms with Crippen LogP contribution in [0.15, 0.2) is 24.3 Å². The Morgan fingerprint density at radius 2 is 1.89 bits per heavy atom. The van der Waals surface area contributed by atoms with Gasteiger partial charge in [0.1, 0.15) is 6.54 Å². The number of benzene rings is 1. The average molecular weight is 417 g/mol. The van der Waals surface area contributed by atoms with Gasteiger partial charge in [-0.2, -0.15) is 13.2 Å². The zero-order valence-electron chi connectivity index (χ0n) is 14.7. The van der Waals surface area contributed by atoms with E-state index in [0.29, 0.717) is 19.3 Å². The first-order valence-corrected chi connectivity index (χ1v) is 9.19. The molecule has 0 radical (unpaired) electrons. The van der Waals surface area contributed by atoms with E-state index in [1.165, 1.54) is 5.32 Å². The molecule has 0 aliphatic carbocycles. The summed E-state index contributed by atoms with van der Waals surface area (Å²) in [6, 6.07) is 6.46. The van der Waals surface area contributed by atoms with Gasteiger partial charge in [-0.1, -0.05) is 12.1 Å². The molecular formula is C17H18F3N3O4S. The molecule has 0 unspecified atom stereocenters. The van der Waals surface area contributed by atoms with Crippen molar-refractivity contribution in [1.29, 1.82) is 0 Å². The third kappa shape index (κ3) is 7.91. The first-order chi connectivity index (χ1) is 13.2. The third-order valence-corrected chi connectivity index (χ3v) is 4.52. The predicted molar refractivity (Wildman–Crippen MR) is 95.7 cm³/mol. The SMILES string of the molecule is O=C(COC(=O)CCCCc1nc2ccccc2s1)NC(=O)NCC(F)(F)F. The van der Waals surface area contributed by atoms with E-state index >= 15 is 0 Å². The Kier molecular flexibility index (Phi) is 7.73. The number of ether oxygens (including phenoxy) is 1. The van der Waals surface area contributed by atoms with Gasteiger partial charge in [-0.25, -0.2) is 9.78 Å². The zero-order chi connectivity index (χ0) is 20.6. The number of carbonyl (C=O) groups is 3. The summed E-state index contributed by atoms with van der Waals surface area (Å²) < 4.78 is 41.5. The molecule has 0 saturated carbocycles. The van der Waals surface area contributed by atoms with Crippen LogP contribution in [0, 0.1) is 0 Å². The lowest BCUT2D eigenvalue weighted by molar-refractivity contribution is -0.148. The van der Waals surface area contributed by atoms with Gasteiger partial charge in [0.15, 0.2) is 6.61 Å². The van der Waals surface area contributed by atoms with Gasteiger partial charge in [0, 0.05) is 6.42 Å². The molecule has 2 aromatic rings. The molecule has 7 nitrogen and oxygen atoms in total. The monoisotopic (exact) mass is 417 g/mol. The Hall–Kier alpha value is -2.69. The summed E-state index contributed by atoms with van der Waals surface area (Å²) in [5.74, 6) is -1.64. The molecule has 2 N–H and O–H groups in total. The number of aromatic nitrogens is 1. The Balaban J connectivity index is 1.58. The number of fused-ring (bicyclic) bond motifs is 1. The number of nitrogens with zero attached hydrogens (tertiary/aromatic N) is 1. The van der Waals surface area contributed by atoms with E-state index in [2.05, 4.69) is 9.72 Å². The van der Waals surface area contributed by atoms with E-state index in [9.17, 15) is 27.6 Å². The van der Waals surface area contributed by atoms with E-state index in [4.69, 9.17) is 0 Å². The molecule has 0 saturated heterocycles. The second-order valence-electron chi connectivity index (χ2n) is 5.79. The molecule has 28 heavy (non-hydrogen) atoms. The number of rotatable bonds is 8. The minimum absolute atomic E-state index is 0.0818. The largest absolute Gasteiger partial charge is 0.456 e. The van der Waals surface area contributed by atoms with Gasteiger partial charge in [-0.3, -0.25) is 14.9 Å². The zero-order valence-corrected chi connectivity index (χ0v) is 15.5. The average Bonchev–Trinajstić information content (AvgIpc) is 3.04. The number of hydrogen-bond donors (Lipinski definition) is 2. The van der Waals surface area contributed by atoms with Crippen LogP contribution in [0.2, 0.25) is 0 Å². The van der Waals surface area contributed by atoms with Gasteiger partial charge in [0.05, 0.1) is 15.2 Å². The van der Waals surface area contributed by atoms with Crippen molar-refractivity contribution in [1.82, 2.24) is 15.6 Å². The number of unbranched alkanes of at least 4 members (excludes halogenated alkanes) is 1. The predicted octanol–water partition coefficient (Wildman–Crippen LogP) is 2.94. The minimum Gasteiger partial charge on any atom is -0.456 e. The van der Waals surface area contributed by atoms with Gasteiger partial charge in [-0.15, -0.1) is 11.3 Å². The molecule has 0 aliphatic heterocycles. The molecule has 0 atom stereocenters. The summed E-state index contributed by atoms with van der Waals surface area (Å²) in [4.78, 5) is 38.5. The third-order valence-electron chi connectivity index (χ3n) is 3.43. The summed E-state index contributed by atoms with van der Waals surface area (Å²) in [6.45, 7) is -2.31. The highest BCUT2D eigenvalue weighted by atomic mass is 32.1. The maximum Gasteiger partial charge on any atom is 0.405 e. The molecule has 1 heterocycles. The summed E-state index contributed by atoms with van der Waals surface area (Å²) in [7, 11) is 0. The van der Waals surface area contributed by atoms with Crippen LogP contribution in [-0.4, -0.2) is 42.2 Å². The van der Waals surface area contributed by atoms with E-state index in [-0.39, 0.29) is 6.42 Å². The van der Waals surface area contributed by atoms with Crippen LogP contribution in [0.25, 0.3) is 10.2 Å². The number of nitrogens with one attached hydrogen (secondary N) is 2. The Morgan fingerprint density at radius 3 is 2.61 bits per heavy atom. The number of para-hydroxylation sites is 1. The van der Waals surface area contributed by atoms with Crippen LogP contribution < -0.4 is 10.6 Å². The fourth-order valence-electron chi connectivity index (χ4n) is 2.18. The summed E-state index contributed by atoms with van der Waals surface area (Å²) in [5, 5.41) is 4.07. The fraction of sp³-hybridized carbons (Fsp3) is 0.412. The minimum atomic E-state index is -4.59. The van der Waals surface area contributed by atoms with E-state index < -0.39 is 37.2 Å². The number of esters is 1. The van der Waals surface area contributed by atoms with Crippen molar-refractivity contribution in [2.75, 3.05) is 13.2 Å². The van der Waals surface area contributed by atoms with Crippen molar-refractivity contribution in [3.8, 4) is 0 Å². The number of aryl methyl sites for hydroxylation is 1. The van der Waals surface area contributed by atoms with E-state index in [0.717, 1.165) is 15.2 Å². The molecule has 0 aliphatic rings. The van der Waals surface area contributed by atoms with Crippen LogP contribution in [0.5, 0.6) is 0 Å². The lowest BCUT2D eigenvalue weighted by Crippen LogP contribution is -2.44. The van der Waals surface area contributed by atoms with Gasteiger partial charge < -0.3 is 10.1 Å². The van der Waals surface area contributed by atoms with Gasteiger partial charge >= 0.3 is 18.2 Å². The van der Waals surface area contributed by atoms with E-state index in [1.54, 1.807) is 16.7 Å². The maximum absolute atomic E-state index is 11.9. The molecule has 0 spiro atoms. The van der Waals surface area contributed by atoms with Crippen LogP contribution in [0.4, 0.5) is 18.0 Å².